The van der Waals surface area contributed by atoms with Crippen LogP contribution in [0.2, 0.25) is 13.1 Å². The molecule has 1 aromatic carbocycles. The minimum absolute atomic E-state index is 0. The van der Waals surface area contributed by atoms with Gasteiger partial charge in [-0.2, -0.15) is 13.1 Å². The van der Waals surface area contributed by atoms with E-state index in [0.29, 0.717) is 0 Å². The summed E-state index contributed by atoms with van der Waals surface area (Å²) in [4.78, 5) is 0. The zero-order valence-electron chi connectivity index (χ0n) is 7.29. The molecule has 0 amide bonds. The Morgan fingerprint density at radius 3 is 2.09 bits per heavy atom. The van der Waals surface area contributed by atoms with Crippen LogP contribution >= 0.6 is 0 Å². The fourth-order valence-electron chi connectivity index (χ4n) is 0.724. The van der Waals surface area contributed by atoms with Crippen LogP contribution in [0.15, 0.2) is 30.3 Å². The SMILES string of the molecule is C[Si-](C)Oc1ccccc1.[Li+]. The summed E-state index contributed by atoms with van der Waals surface area (Å²) in [6, 6.07) is 9.93. The van der Waals surface area contributed by atoms with Crippen molar-refractivity contribution in [3.05, 3.63) is 30.3 Å². The molecule has 0 bridgehead atoms. The van der Waals surface area contributed by atoms with Crippen LogP contribution in [0.5, 0.6) is 5.75 Å². The summed E-state index contributed by atoms with van der Waals surface area (Å²) in [5.41, 5.74) is 0. The van der Waals surface area contributed by atoms with Gasteiger partial charge in [0.25, 0.3) is 0 Å². The molecule has 0 aliphatic heterocycles. The van der Waals surface area contributed by atoms with Crippen LogP contribution in [0.1, 0.15) is 0 Å². The molecule has 0 saturated carbocycles. The van der Waals surface area contributed by atoms with Crippen molar-refractivity contribution in [2.75, 3.05) is 0 Å². The van der Waals surface area contributed by atoms with E-state index in [1.807, 2.05) is 30.3 Å². The minimum Gasteiger partial charge on any atom is -0.709 e. The second-order valence-electron chi connectivity index (χ2n) is 2.32. The standard InChI is InChI=1S/C8H11OSi.Li/c1-10(2)9-8-6-4-3-5-7-8;/h3-7H,1-2H3;/q-1;+1. The van der Waals surface area contributed by atoms with Gasteiger partial charge in [-0.1, -0.05) is 27.2 Å². The predicted molar refractivity (Wildman–Crippen MR) is 44.6 cm³/mol. The molecule has 0 radical (unpaired) electrons. The zero-order chi connectivity index (χ0) is 7.40. The van der Waals surface area contributed by atoms with Gasteiger partial charge < -0.3 is 4.43 Å². The number of hydrogen-bond donors (Lipinski definition) is 0. The molecule has 54 valence electrons. The fourth-order valence-corrected chi connectivity index (χ4v) is 1.33. The molecule has 0 aliphatic rings. The second kappa shape index (κ2) is 5.48. The first-order valence-corrected chi connectivity index (χ1v) is 5.73. The van der Waals surface area contributed by atoms with E-state index in [0.717, 1.165) is 5.75 Å². The van der Waals surface area contributed by atoms with Gasteiger partial charge in [0.05, 0.1) is 5.75 Å². The molecule has 0 atom stereocenters. The van der Waals surface area contributed by atoms with Crippen molar-refractivity contribution in [1.29, 1.82) is 0 Å². The molecule has 0 aromatic heterocycles. The predicted octanol–water partition coefficient (Wildman–Crippen LogP) is -0.679. The van der Waals surface area contributed by atoms with Gasteiger partial charge in [0.15, 0.2) is 0 Å². The molecule has 0 N–H and O–H groups in total. The Hall–Kier alpha value is -0.166. The molecular weight excluding hydrogens is 147 g/mol. The maximum atomic E-state index is 5.52. The second-order valence-corrected chi connectivity index (χ2v) is 4.34. The van der Waals surface area contributed by atoms with Crippen LogP contribution in [0.3, 0.4) is 0 Å². The van der Waals surface area contributed by atoms with Gasteiger partial charge in [-0.15, -0.1) is 0 Å². The molecule has 0 fully saturated rings. The fraction of sp³-hybridized carbons (Fsp3) is 0.250. The third-order valence-electron chi connectivity index (χ3n) is 1.07. The molecule has 3 heteroatoms. The van der Waals surface area contributed by atoms with E-state index in [2.05, 4.69) is 13.1 Å². The van der Waals surface area contributed by atoms with Gasteiger partial charge in [-0.25, -0.2) is 0 Å². The van der Waals surface area contributed by atoms with Crippen LogP contribution < -0.4 is 23.3 Å². The van der Waals surface area contributed by atoms with Gasteiger partial charge in [-0.05, 0) is 12.1 Å². The quantitative estimate of drug-likeness (QED) is 0.518. The number of hydrogen-bond acceptors (Lipinski definition) is 1. The molecule has 0 heterocycles. The average Bonchev–Trinajstić information content (AvgIpc) is 1.88. The molecule has 0 saturated heterocycles. The van der Waals surface area contributed by atoms with Crippen molar-refractivity contribution in [2.45, 2.75) is 13.1 Å². The van der Waals surface area contributed by atoms with E-state index in [-0.39, 0.29) is 18.9 Å². The maximum Gasteiger partial charge on any atom is 1.00 e. The minimum atomic E-state index is -0.587. The number of benzene rings is 1. The normalized spacial score (nSPS) is 9.00. The summed E-state index contributed by atoms with van der Waals surface area (Å²) in [6.07, 6.45) is 0. The molecule has 11 heavy (non-hydrogen) atoms. The van der Waals surface area contributed by atoms with E-state index in [1.54, 1.807) is 0 Å². The molecule has 1 nitrogen and oxygen atoms in total. The Morgan fingerprint density at radius 1 is 1.09 bits per heavy atom. The van der Waals surface area contributed by atoms with Crippen molar-refractivity contribution in [1.82, 2.24) is 0 Å². The Bertz CT molecular complexity index is 189. The zero-order valence-corrected chi connectivity index (χ0v) is 8.29. The Balaban J connectivity index is 0.000001000. The van der Waals surface area contributed by atoms with Gasteiger partial charge >= 0.3 is 18.9 Å². The summed E-state index contributed by atoms with van der Waals surface area (Å²) < 4.78 is 5.52. The van der Waals surface area contributed by atoms with Crippen molar-refractivity contribution in [3.63, 3.8) is 0 Å². The summed E-state index contributed by atoms with van der Waals surface area (Å²) in [7, 11) is -0.587. The molecule has 1 aromatic rings. The smallest absolute Gasteiger partial charge is 0.709 e. The van der Waals surface area contributed by atoms with Gasteiger partial charge in [-0.3, -0.25) is 0 Å². The first-order chi connectivity index (χ1) is 4.79. The summed E-state index contributed by atoms with van der Waals surface area (Å²) in [5, 5.41) is 0. The van der Waals surface area contributed by atoms with E-state index in [1.165, 1.54) is 0 Å². The Kier molecular flexibility index (Phi) is 5.40. The van der Waals surface area contributed by atoms with Crippen LogP contribution in [0.25, 0.3) is 0 Å². The third-order valence-corrected chi connectivity index (χ3v) is 1.71. The molecular formula is C8H11LiOSi. The number of para-hydroxylation sites is 1. The first kappa shape index (κ1) is 10.8. The Morgan fingerprint density at radius 2 is 1.64 bits per heavy atom. The van der Waals surface area contributed by atoms with E-state index in [4.69, 9.17) is 4.43 Å². The summed E-state index contributed by atoms with van der Waals surface area (Å²) in [5.74, 6) is 0.987. The monoisotopic (exact) mass is 158 g/mol. The van der Waals surface area contributed by atoms with Crippen molar-refractivity contribution >= 4 is 9.04 Å². The third kappa shape index (κ3) is 4.31. The molecule has 0 unspecified atom stereocenters. The van der Waals surface area contributed by atoms with E-state index < -0.39 is 9.04 Å². The van der Waals surface area contributed by atoms with Crippen molar-refractivity contribution < 1.29 is 23.3 Å². The largest absolute Gasteiger partial charge is 1.00 e. The maximum absolute atomic E-state index is 5.52. The Labute approximate surface area is 81.7 Å². The molecule has 1 rings (SSSR count). The summed E-state index contributed by atoms with van der Waals surface area (Å²) >= 11 is 0. The van der Waals surface area contributed by atoms with Gasteiger partial charge in [0, 0.05) is 0 Å². The van der Waals surface area contributed by atoms with Gasteiger partial charge in [0.1, 0.15) is 0 Å². The van der Waals surface area contributed by atoms with Crippen LogP contribution in [0.4, 0.5) is 0 Å². The van der Waals surface area contributed by atoms with Crippen LogP contribution in [-0.4, -0.2) is 9.04 Å². The number of rotatable bonds is 2. The van der Waals surface area contributed by atoms with Crippen LogP contribution in [-0.2, 0) is 0 Å². The summed E-state index contributed by atoms with van der Waals surface area (Å²) in [6.45, 7) is 4.25. The topological polar surface area (TPSA) is 9.23 Å². The van der Waals surface area contributed by atoms with Crippen molar-refractivity contribution in [2.24, 2.45) is 0 Å². The first-order valence-electron chi connectivity index (χ1n) is 3.32. The molecule has 0 spiro atoms. The van der Waals surface area contributed by atoms with Crippen molar-refractivity contribution in [3.8, 4) is 5.75 Å². The molecule has 0 aliphatic carbocycles. The van der Waals surface area contributed by atoms with E-state index >= 15 is 0 Å². The average molecular weight is 158 g/mol. The van der Waals surface area contributed by atoms with Crippen LogP contribution in [0, 0.1) is 0 Å². The van der Waals surface area contributed by atoms with Gasteiger partial charge in [0.2, 0.25) is 0 Å². The van der Waals surface area contributed by atoms with E-state index in [9.17, 15) is 0 Å².